The van der Waals surface area contributed by atoms with Crippen molar-refractivity contribution in [2.24, 2.45) is 11.7 Å². The van der Waals surface area contributed by atoms with Crippen LogP contribution in [0.15, 0.2) is 24.3 Å². The first-order valence-electron chi connectivity index (χ1n) is 7.72. The summed E-state index contributed by atoms with van der Waals surface area (Å²) in [6.07, 6.45) is 2.57. The summed E-state index contributed by atoms with van der Waals surface area (Å²) >= 11 is 1.56. The van der Waals surface area contributed by atoms with Crippen molar-refractivity contribution >= 4 is 16.5 Å². The van der Waals surface area contributed by atoms with Gasteiger partial charge in [-0.25, -0.2) is 4.98 Å². The fourth-order valence-corrected chi connectivity index (χ4v) is 3.86. The summed E-state index contributed by atoms with van der Waals surface area (Å²) in [6.45, 7) is 5.01. The van der Waals surface area contributed by atoms with Gasteiger partial charge in [-0.05, 0) is 36.5 Å². The average molecular weight is 317 g/mol. The molecule has 4 nitrogen and oxygen atoms in total. The van der Waals surface area contributed by atoms with Gasteiger partial charge in [-0.2, -0.15) is 0 Å². The van der Waals surface area contributed by atoms with Crippen LogP contribution in [0.2, 0.25) is 0 Å². The van der Waals surface area contributed by atoms with E-state index in [0.29, 0.717) is 11.0 Å². The van der Waals surface area contributed by atoms with Crippen LogP contribution in [0.4, 0.5) is 5.13 Å². The van der Waals surface area contributed by atoms with Gasteiger partial charge in [-0.3, -0.25) is 0 Å². The Bertz CT molecular complexity index is 668. The first kappa shape index (κ1) is 15.3. The molecule has 0 radical (unpaired) electrons. The topological polar surface area (TPSA) is 74.2 Å². The quantitative estimate of drug-likeness (QED) is 0.908. The molecule has 0 saturated carbocycles. The molecule has 4 N–H and O–H groups in total. The van der Waals surface area contributed by atoms with Gasteiger partial charge < -0.3 is 16.2 Å². The summed E-state index contributed by atoms with van der Waals surface area (Å²) in [6, 6.07) is 8.19. The number of aromatic nitrogens is 1. The van der Waals surface area contributed by atoms with Gasteiger partial charge in [0.05, 0.1) is 12.3 Å². The minimum Gasteiger partial charge on any atom is -0.493 e. The fraction of sp³-hybridized carbons (Fsp3) is 0.471. The van der Waals surface area contributed by atoms with Crippen LogP contribution in [0, 0.1) is 5.92 Å². The molecule has 0 fully saturated rings. The van der Waals surface area contributed by atoms with Crippen LogP contribution in [0.25, 0.3) is 0 Å². The summed E-state index contributed by atoms with van der Waals surface area (Å²) < 4.78 is 5.83. The maximum absolute atomic E-state index is 6.71. The van der Waals surface area contributed by atoms with E-state index in [-0.39, 0.29) is 5.54 Å². The molecular formula is C17H23N3OS. The molecule has 2 aromatic rings. The van der Waals surface area contributed by atoms with Crippen molar-refractivity contribution < 1.29 is 4.74 Å². The number of aryl methyl sites for hydroxylation is 1. The fourth-order valence-electron chi connectivity index (χ4n) is 2.86. The van der Waals surface area contributed by atoms with Crippen molar-refractivity contribution in [2.45, 2.75) is 38.6 Å². The van der Waals surface area contributed by atoms with E-state index >= 15 is 0 Å². The maximum Gasteiger partial charge on any atom is 0.180 e. The lowest BCUT2D eigenvalue weighted by atomic mass is 9.78. The lowest BCUT2D eigenvalue weighted by molar-refractivity contribution is 0.269. The van der Waals surface area contributed by atoms with Gasteiger partial charge in [0, 0.05) is 16.8 Å². The maximum atomic E-state index is 6.71. The van der Waals surface area contributed by atoms with Crippen LogP contribution in [-0.2, 0) is 18.4 Å². The predicted molar refractivity (Wildman–Crippen MR) is 91.2 cm³/mol. The standard InChI is InChI=1S/C17H23N3OS/c1-11(2)10-21-13-5-3-4-12(8-13)17(19)7-6-14-15(9-17)22-16(18)20-14/h3-5,8,11H,6-7,9-10,19H2,1-2H3,(H2,18,20). The van der Waals surface area contributed by atoms with Gasteiger partial charge in [-0.15, -0.1) is 11.3 Å². The molecule has 3 rings (SSSR count). The van der Waals surface area contributed by atoms with Gasteiger partial charge in [0.2, 0.25) is 0 Å². The second-order valence-electron chi connectivity index (χ2n) is 6.49. The minimum absolute atomic E-state index is 0.358. The van der Waals surface area contributed by atoms with Crippen LogP contribution in [-0.4, -0.2) is 11.6 Å². The van der Waals surface area contributed by atoms with E-state index in [1.807, 2.05) is 12.1 Å². The van der Waals surface area contributed by atoms with Gasteiger partial charge in [-0.1, -0.05) is 26.0 Å². The Morgan fingerprint density at radius 1 is 1.41 bits per heavy atom. The average Bonchev–Trinajstić information content (AvgIpc) is 2.84. The molecule has 1 aliphatic rings. The summed E-state index contributed by atoms with van der Waals surface area (Å²) in [5.74, 6) is 1.40. The van der Waals surface area contributed by atoms with Crippen LogP contribution < -0.4 is 16.2 Å². The van der Waals surface area contributed by atoms with E-state index in [0.717, 1.165) is 42.9 Å². The SMILES string of the molecule is CC(C)COc1cccc(C2(N)CCc3nc(N)sc3C2)c1. The normalized spacial score (nSPS) is 20.9. The van der Waals surface area contributed by atoms with Crippen molar-refractivity contribution in [3.05, 3.63) is 40.4 Å². The van der Waals surface area contributed by atoms with Gasteiger partial charge in [0.15, 0.2) is 5.13 Å². The number of benzene rings is 1. The Morgan fingerprint density at radius 3 is 3.00 bits per heavy atom. The molecule has 1 atom stereocenters. The van der Waals surface area contributed by atoms with Crippen LogP contribution in [0.3, 0.4) is 0 Å². The number of hydrogen-bond acceptors (Lipinski definition) is 5. The van der Waals surface area contributed by atoms with E-state index in [1.54, 1.807) is 11.3 Å². The molecule has 0 amide bonds. The highest BCUT2D eigenvalue weighted by molar-refractivity contribution is 7.15. The number of nitrogen functional groups attached to an aromatic ring is 1. The van der Waals surface area contributed by atoms with E-state index in [1.165, 1.54) is 4.88 Å². The van der Waals surface area contributed by atoms with Crippen molar-refractivity contribution in [1.82, 2.24) is 4.98 Å². The molecule has 118 valence electrons. The smallest absolute Gasteiger partial charge is 0.180 e. The van der Waals surface area contributed by atoms with Gasteiger partial charge in [0.1, 0.15) is 5.75 Å². The van der Waals surface area contributed by atoms with E-state index < -0.39 is 0 Å². The Labute approximate surface area is 135 Å². The molecular weight excluding hydrogens is 294 g/mol. The number of ether oxygens (including phenoxy) is 1. The first-order chi connectivity index (χ1) is 10.5. The highest BCUT2D eigenvalue weighted by atomic mass is 32.1. The number of anilines is 1. The number of thiazole rings is 1. The number of rotatable bonds is 4. The van der Waals surface area contributed by atoms with Gasteiger partial charge in [0.25, 0.3) is 0 Å². The van der Waals surface area contributed by atoms with Crippen LogP contribution in [0.1, 0.15) is 36.4 Å². The summed E-state index contributed by atoms with van der Waals surface area (Å²) in [7, 11) is 0. The summed E-state index contributed by atoms with van der Waals surface area (Å²) in [5, 5.41) is 0.642. The van der Waals surface area contributed by atoms with Crippen molar-refractivity contribution in [1.29, 1.82) is 0 Å². The second-order valence-corrected chi connectivity index (χ2v) is 7.60. The molecule has 22 heavy (non-hydrogen) atoms. The number of fused-ring (bicyclic) bond motifs is 1. The lowest BCUT2D eigenvalue weighted by Gasteiger charge is -2.33. The summed E-state index contributed by atoms with van der Waals surface area (Å²) in [5.41, 5.74) is 14.4. The molecule has 1 aromatic heterocycles. The number of hydrogen-bond donors (Lipinski definition) is 2. The Morgan fingerprint density at radius 2 is 2.23 bits per heavy atom. The third-order valence-corrected chi connectivity index (χ3v) is 5.00. The number of nitrogens with two attached hydrogens (primary N) is 2. The zero-order valence-corrected chi connectivity index (χ0v) is 14.0. The zero-order valence-electron chi connectivity index (χ0n) is 13.1. The molecule has 1 unspecified atom stereocenters. The molecule has 1 heterocycles. The second kappa shape index (κ2) is 5.89. The van der Waals surface area contributed by atoms with E-state index in [9.17, 15) is 0 Å². The highest BCUT2D eigenvalue weighted by Gasteiger charge is 2.34. The van der Waals surface area contributed by atoms with Crippen molar-refractivity contribution in [3.8, 4) is 5.75 Å². The van der Waals surface area contributed by atoms with Crippen molar-refractivity contribution in [2.75, 3.05) is 12.3 Å². The van der Waals surface area contributed by atoms with Crippen molar-refractivity contribution in [3.63, 3.8) is 0 Å². The van der Waals surface area contributed by atoms with Crippen LogP contribution >= 0.6 is 11.3 Å². The molecule has 0 bridgehead atoms. The van der Waals surface area contributed by atoms with E-state index in [2.05, 4.69) is 31.0 Å². The molecule has 0 aliphatic heterocycles. The monoisotopic (exact) mass is 317 g/mol. The third-order valence-electron chi connectivity index (χ3n) is 4.07. The largest absolute Gasteiger partial charge is 0.493 e. The van der Waals surface area contributed by atoms with Gasteiger partial charge >= 0.3 is 0 Å². The zero-order chi connectivity index (χ0) is 15.7. The number of nitrogens with zero attached hydrogens (tertiary/aromatic N) is 1. The minimum atomic E-state index is -0.358. The molecule has 0 saturated heterocycles. The Hall–Kier alpha value is -1.59. The molecule has 0 spiro atoms. The molecule has 1 aliphatic carbocycles. The third kappa shape index (κ3) is 3.10. The first-order valence-corrected chi connectivity index (χ1v) is 8.54. The summed E-state index contributed by atoms with van der Waals surface area (Å²) in [4.78, 5) is 5.61. The lowest BCUT2D eigenvalue weighted by Crippen LogP contribution is -2.41. The molecule has 1 aromatic carbocycles. The predicted octanol–water partition coefficient (Wildman–Crippen LogP) is 3.10. The van der Waals surface area contributed by atoms with E-state index in [4.69, 9.17) is 16.2 Å². The molecule has 5 heteroatoms. The highest BCUT2D eigenvalue weighted by Crippen LogP contribution is 2.38. The Balaban J connectivity index is 1.83. The Kier molecular flexibility index (Phi) is 4.10. The van der Waals surface area contributed by atoms with Crippen LogP contribution in [0.5, 0.6) is 5.75 Å².